The van der Waals surface area contributed by atoms with Gasteiger partial charge in [-0.1, -0.05) is 13.8 Å². The maximum atomic E-state index is 13.0. The van der Waals surface area contributed by atoms with E-state index < -0.39 is 9.84 Å². The first kappa shape index (κ1) is 25.1. The summed E-state index contributed by atoms with van der Waals surface area (Å²) in [5.74, 6) is 2.39. The summed E-state index contributed by atoms with van der Waals surface area (Å²) < 4.78 is 48.0. The van der Waals surface area contributed by atoms with Crippen molar-refractivity contribution >= 4 is 9.84 Å². The predicted octanol–water partition coefficient (Wildman–Crippen LogP) is 4.69. The van der Waals surface area contributed by atoms with Crippen molar-refractivity contribution in [1.29, 1.82) is 0 Å². The van der Waals surface area contributed by atoms with E-state index in [9.17, 15) is 8.42 Å². The zero-order valence-electron chi connectivity index (χ0n) is 20.5. The molecule has 1 aliphatic rings. The lowest BCUT2D eigenvalue weighted by atomic mass is 9.91. The second-order valence-electron chi connectivity index (χ2n) is 8.80. The van der Waals surface area contributed by atoms with Crippen LogP contribution in [-0.4, -0.2) is 40.8 Å². The number of nitrogens with one attached hydrogen (secondary N) is 1. The molecule has 0 saturated carbocycles. The van der Waals surface area contributed by atoms with Gasteiger partial charge < -0.3 is 23.9 Å². The number of sulfone groups is 1. The molecule has 2 heterocycles. The van der Waals surface area contributed by atoms with Crippen LogP contribution in [-0.2, 0) is 16.3 Å². The van der Waals surface area contributed by atoms with Crippen LogP contribution in [0.1, 0.15) is 55.5 Å². The molecule has 0 amide bonds. The normalized spacial score (nSPS) is 15.6. The Morgan fingerprint density at radius 2 is 1.83 bits per heavy atom. The quantitative estimate of drug-likeness (QED) is 0.400. The lowest BCUT2D eigenvalue weighted by Gasteiger charge is -2.28. The first-order valence-electron chi connectivity index (χ1n) is 11.7. The summed E-state index contributed by atoms with van der Waals surface area (Å²) in [5.41, 5.74) is 2.51. The first-order chi connectivity index (χ1) is 16.8. The molecule has 1 aliphatic heterocycles. The maximum absolute atomic E-state index is 13.0. The second-order valence-corrected chi connectivity index (χ2v) is 10.7. The standard InChI is InChI=1S/C26H32N2O6S/c1-17(2)25-26(28-16-34-25)35(29,30)20-9-7-19(8-10-20)33-13-5-6-22-21-15-24(32-4)23(31-3)14-18(21)11-12-27-22/h7-10,14-17,22,27H,5-6,11-13H2,1-4H3. The van der Waals surface area contributed by atoms with Crippen molar-refractivity contribution < 1.29 is 27.0 Å². The number of nitrogens with zero attached hydrogens (tertiary/aromatic N) is 1. The van der Waals surface area contributed by atoms with E-state index in [1.54, 1.807) is 38.5 Å². The lowest BCUT2D eigenvalue weighted by Crippen LogP contribution is -2.30. The van der Waals surface area contributed by atoms with E-state index in [1.165, 1.54) is 17.5 Å². The van der Waals surface area contributed by atoms with Crippen molar-refractivity contribution in [2.45, 2.75) is 55.0 Å². The highest BCUT2D eigenvalue weighted by Crippen LogP contribution is 2.36. The van der Waals surface area contributed by atoms with Crippen LogP contribution in [0.4, 0.5) is 0 Å². The van der Waals surface area contributed by atoms with Crippen LogP contribution >= 0.6 is 0 Å². The van der Waals surface area contributed by atoms with Gasteiger partial charge in [-0.15, -0.1) is 0 Å². The largest absolute Gasteiger partial charge is 0.494 e. The van der Waals surface area contributed by atoms with Gasteiger partial charge in [-0.05, 0) is 73.3 Å². The van der Waals surface area contributed by atoms with Crippen LogP contribution in [0.25, 0.3) is 0 Å². The van der Waals surface area contributed by atoms with E-state index in [1.807, 2.05) is 13.8 Å². The Balaban J connectivity index is 1.35. The number of hydrogen-bond donors (Lipinski definition) is 1. The van der Waals surface area contributed by atoms with Gasteiger partial charge in [0, 0.05) is 12.0 Å². The Morgan fingerprint density at radius 3 is 2.51 bits per heavy atom. The number of benzene rings is 2. The molecule has 0 aliphatic carbocycles. The number of rotatable bonds is 10. The van der Waals surface area contributed by atoms with Gasteiger partial charge >= 0.3 is 0 Å². The fourth-order valence-corrected chi connectivity index (χ4v) is 5.81. The van der Waals surface area contributed by atoms with Crippen molar-refractivity contribution in [1.82, 2.24) is 10.3 Å². The van der Waals surface area contributed by atoms with Crippen molar-refractivity contribution in [3.63, 3.8) is 0 Å². The van der Waals surface area contributed by atoms with Gasteiger partial charge in [-0.3, -0.25) is 0 Å². The molecule has 8 nitrogen and oxygen atoms in total. The van der Waals surface area contributed by atoms with Crippen LogP contribution in [0, 0.1) is 0 Å². The van der Waals surface area contributed by atoms with Gasteiger partial charge in [0.1, 0.15) is 11.5 Å². The molecule has 0 bridgehead atoms. The van der Waals surface area contributed by atoms with E-state index >= 15 is 0 Å². The second kappa shape index (κ2) is 10.7. The molecule has 1 N–H and O–H groups in total. The minimum absolute atomic E-state index is 0.0318. The lowest BCUT2D eigenvalue weighted by molar-refractivity contribution is 0.294. The third-order valence-corrected chi connectivity index (χ3v) is 7.89. The summed E-state index contributed by atoms with van der Waals surface area (Å²) in [4.78, 5) is 4.10. The average Bonchev–Trinajstić information content (AvgIpc) is 3.37. The monoisotopic (exact) mass is 500 g/mol. The van der Waals surface area contributed by atoms with E-state index in [4.69, 9.17) is 18.6 Å². The molecule has 1 unspecified atom stereocenters. The summed E-state index contributed by atoms with van der Waals surface area (Å²) in [5, 5.41) is 3.55. The van der Waals surface area contributed by atoms with Crippen LogP contribution < -0.4 is 19.5 Å². The van der Waals surface area contributed by atoms with Crippen molar-refractivity contribution in [3.05, 3.63) is 59.7 Å². The molecular weight excluding hydrogens is 468 g/mol. The summed E-state index contributed by atoms with van der Waals surface area (Å²) in [6, 6.07) is 10.8. The van der Waals surface area contributed by atoms with Gasteiger partial charge in [-0.25, -0.2) is 13.4 Å². The van der Waals surface area contributed by atoms with Gasteiger partial charge in [-0.2, -0.15) is 0 Å². The summed E-state index contributed by atoms with van der Waals surface area (Å²) >= 11 is 0. The summed E-state index contributed by atoms with van der Waals surface area (Å²) in [7, 11) is -0.455. The molecule has 0 saturated heterocycles. The Kier molecular flexibility index (Phi) is 7.66. The average molecular weight is 501 g/mol. The van der Waals surface area contributed by atoms with E-state index in [0.717, 1.165) is 37.3 Å². The number of fused-ring (bicyclic) bond motifs is 1. The molecule has 9 heteroatoms. The summed E-state index contributed by atoms with van der Waals surface area (Å²) in [6.45, 7) is 5.16. The van der Waals surface area contributed by atoms with Crippen LogP contribution in [0.15, 0.2) is 57.1 Å². The maximum Gasteiger partial charge on any atom is 0.227 e. The third-order valence-electron chi connectivity index (χ3n) is 6.19. The van der Waals surface area contributed by atoms with Gasteiger partial charge in [0.25, 0.3) is 0 Å². The minimum Gasteiger partial charge on any atom is -0.494 e. The first-order valence-corrected chi connectivity index (χ1v) is 13.2. The highest BCUT2D eigenvalue weighted by molar-refractivity contribution is 7.91. The molecule has 0 radical (unpaired) electrons. The Bertz CT molecular complexity index is 1250. The van der Waals surface area contributed by atoms with Crippen LogP contribution in [0.3, 0.4) is 0 Å². The highest BCUT2D eigenvalue weighted by atomic mass is 32.2. The number of ether oxygens (including phenoxy) is 3. The number of hydrogen-bond acceptors (Lipinski definition) is 8. The molecule has 35 heavy (non-hydrogen) atoms. The summed E-state index contributed by atoms with van der Waals surface area (Å²) in [6.07, 6.45) is 3.86. The van der Waals surface area contributed by atoms with E-state index in [2.05, 4.69) is 22.4 Å². The number of oxazole rings is 1. The van der Waals surface area contributed by atoms with Crippen LogP contribution in [0.2, 0.25) is 0 Å². The van der Waals surface area contributed by atoms with Crippen LogP contribution in [0.5, 0.6) is 17.2 Å². The topological polar surface area (TPSA) is 99.9 Å². The molecule has 1 atom stereocenters. The number of aromatic nitrogens is 1. The zero-order chi connectivity index (χ0) is 25.0. The van der Waals surface area contributed by atoms with Crippen molar-refractivity contribution in [2.24, 2.45) is 0 Å². The number of methoxy groups -OCH3 is 2. The smallest absolute Gasteiger partial charge is 0.227 e. The highest BCUT2D eigenvalue weighted by Gasteiger charge is 2.27. The molecule has 3 aromatic rings. The molecule has 2 aromatic carbocycles. The molecule has 188 valence electrons. The molecule has 0 fully saturated rings. The zero-order valence-corrected chi connectivity index (χ0v) is 21.4. The predicted molar refractivity (Wildman–Crippen MR) is 131 cm³/mol. The van der Waals surface area contributed by atoms with Gasteiger partial charge in [0.05, 0.1) is 25.7 Å². The Morgan fingerprint density at radius 1 is 1.11 bits per heavy atom. The Hall–Kier alpha value is -3.04. The van der Waals surface area contributed by atoms with Gasteiger partial charge in [0.15, 0.2) is 17.9 Å². The van der Waals surface area contributed by atoms with E-state index in [-0.39, 0.29) is 21.9 Å². The van der Waals surface area contributed by atoms with Crippen molar-refractivity contribution in [3.8, 4) is 17.2 Å². The molecule has 1 aromatic heterocycles. The molecule has 4 rings (SSSR count). The third kappa shape index (κ3) is 5.31. The Labute approximate surface area is 206 Å². The van der Waals surface area contributed by atoms with Gasteiger partial charge in [0.2, 0.25) is 14.9 Å². The molecule has 0 spiro atoms. The SMILES string of the molecule is COc1cc2c(cc1OC)C(CCCOc1ccc(S(=O)(=O)c3ncoc3C(C)C)cc1)NCC2. The fourth-order valence-electron chi connectivity index (χ4n) is 4.36. The fraction of sp³-hybridized carbons (Fsp3) is 0.423. The minimum atomic E-state index is -3.75. The van der Waals surface area contributed by atoms with E-state index in [0.29, 0.717) is 18.1 Å². The van der Waals surface area contributed by atoms with Crippen molar-refractivity contribution in [2.75, 3.05) is 27.4 Å². The molecular formula is C26H32N2O6S.